The Hall–Kier alpha value is -0.710. The Morgan fingerprint density at radius 1 is 1.54 bits per heavy atom. The molecule has 0 amide bonds. The van der Waals surface area contributed by atoms with Crippen LogP contribution in [0.1, 0.15) is 12.8 Å². The van der Waals surface area contributed by atoms with Gasteiger partial charge in [0, 0.05) is 18.9 Å². The van der Waals surface area contributed by atoms with E-state index in [0.717, 1.165) is 0 Å². The molecule has 0 spiro atoms. The molecule has 1 aliphatic carbocycles. The van der Waals surface area contributed by atoms with Crippen LogP contribution in [0.15, 0.2) is 0 Å². The standard InChI is InChI=1S/C8H11F2NO2/c9-8(10)2-1-4-5(8)3-11-6(4)7(12)13/h4-6,11H,1-3H2,(H,12,13)/t4-,5+,6+/m0/s1. The molecule has 13 heavy (non-hydrogen) atoms. The van der Waals surface area contributed by atoms with Crippen LogP contribution in [0.2, 0.25) is 0 Å². The highest BCUT2D eigenvalue weighted by atomic mass is 19.3. The van der Waals surface area contributed by atoms with Gasteiger partial charge in [0.2, 0.25) is 0 Å². The van der Waals surface area contributed by atoms with Crippen molar-refractivity contribution < 1.29 is 18.7 Å². The topological polar surface area (TPSA) is 49.3 Å². The van der Waals surface area contributed by atoms with E-state index < -0.39 is 23.9 Å². The molecule has 1 saturated heterocycles. The molecule has 3 nitrogen and oxygen atoms in total. The van der Waals surface area contributed by atoms with E-state index in [1.54, 1.807) is 0 Å². The number of rotatable bonds is 1. The molecule has 0 bridgehead atoms. The monoisotopic (exact) mass is 191 g/mol. The van der Waals surface area contributed by atoms with E-state index in [1.165, 1.54) is 0 Å². The van der Waals surface area contributed by atoms with Crippen molar-refractivity contribution in [2.75, 3.05) is 6.54 Å². The summed E-state index contributed by atoms with van der Waals surface area (Å²) in [7, 11) is 0. The Bertz CT molecular complexity index is 244. The zero-order valence-corrected chi connectivity index (χ0v) is 6.96. The fourth-order valence-corrected chi connectivity index (χ4v) is 2.43. The average molecular weight is 191 g/mol. The van der Waals surface area contributed by atoms with Crippen LogP contribution in [0.4, 0.5) is 8.78 Å². The summed E-state index contributed by atoms with van der Waals surface area (Å²) >= 11 is 0. The van der Waals surface area contributed by atoms with Crippen LogP contribution in [-0.2, 0) is 4.79 Å². The maximum atomic E-state index is 13.1. The van der Waals surface area contributed by atoms with Crippen LogP contribution in [0, 0.1) is 11.8 Å². The third-order valence-corrected chi connectivity index (χ3v) is 3.12. The van der Waals surface area contributed by atoms with E-state index in [4.69, 9.17) is 5.11 Å². The first kappa shape index (κ1) is 8.87. The number of carboxylic acid groups (broad SMARTS) is 1. The van der Waals surface area contributed by atoms with Gasteiger partial charge in [-0.25, -0.2) is 8.78 Å². The minimum atomic E-state index is -2.66. The number of halogens is 2. The molecule has 74 valence electrons. The highest BCUT2D eigenvalue weighted by Crippen LogP contribution is 2.47. The Morgan fingerprint density at radius 2 is 2.23 bits per heavy atom. The lowest BCUT2D eigenvalue weighted by Gasteiger charge is -2.16. The predicted octanol–water partition coefficient (Wildman–Crippen LogP) is 0.704. The molecule has 0 aromatic rings. The summed E-state index contributed by atoms with van der Waals surface area (Å²) < 4.78 is 26.2. The number of aliphatic carboxylic acids is 1. The van der Waals surface area contributed by atoms with Crippen LogP contribution in [0.3, 0.4) is 0 Å². The van der Waals surface area contributed by atoms with Crippen molar-refractivity contribution in [3.05, 3.63) is 0 Å². The molecule has 0 aromatic carbocycles. The smallest absolute Gasteiger partial charge is 0.320 e. The lowest BCUT2D eigenvalue weighted by Crippen LogP contribution is -2.35. The van der Waals surface area contributed by atoms with Gasteiger partial charge in [0.25, 0.3) is 5.92 Å². The lowest BCUT2D eigenvalue weighted by molar-refractivity contribution is -0.140. The maximum Gasteiger partial charge on any atom is 0.320 e. The van der Waals surface area contributed by atoms with Gasteiger partial charge in [-0.1, -0.05) is 0 Å². The minimum absolute atomic E-state index is 0.134. The number of carboxylic acids is 1. The third kappa shape index (κ3) is 1.22. The zero-order valence-electron chi connectivity index (χ0n) is 6.96. The molecule has 1 saturated carbocycles. The van der Waals surface area contributed by atoms with Crippen molar-refractivity contribution in [3.63, 3.8) is 0 Å². The first-order valence-electron chi connectivity index (χ1n) is 4.36. The second kappa shape index (κ2) is 2.64. The van der Waals surface area contributed by atoms with Crippen molar-refractivity contribution in [1.29, 1.82) is 0 Å². The molecule has 2 N–H and O–H groups in total. The predicted molar refractivity (Wildman–Crippen MR) is 40.6 cm³/mol. The Balaban J connectivity index is 2.16. The minimum Gasteiger partial charge on any atom is -0.480 e. The van der Waals surface area contributed by atoms with Crippen molar-refractivity contribution in [2.45, 2.75) is 24.8 Å². The largest absolute Gasteiger partial charge is 0.480 e. The van der Waals surface area contributed by atoms with Crippen LogP contribution in [0.25, 0.3) is 0 Å². The summed E-state index contributed by atoms with van der Waals surface area (Å²) in [6, 6.07) is -0.765. The van der Waals surface area contributed by atoms with Crippen molar-refractivity contribution in [1.82, 2.24) is 5.32 Å². The summed E-state index contributed by atoms with van der Waals surface area (Å²) in [6.45, 7) is 0.134. The van der Waals surface area contributed by atoms with Crippen molar-refractivity contribution >= 4 is 5.97 Å². The first-order valence-corrected chi connectivity index (χ1v) is 4.36. The molecular formula is C8H11F2NO2. The fourth-order valence-electron chi connectivity index (χ4n) is 2.43. The van der Waals surface area contributed by atoms with Gasteiger partial charge in [0.15, 0.2) is 0 Å². The number of carbonyl (C=O) groups is 1. The van der Waals surface area contributed by atoms with Crippen LogP contribution >= 0.6 is 0 Å². The number of hydrogen-bond acceptors (Lipinski definition) is 2. The van der Waals surface area contributed by atoms with Crippen LogP contribution in [0.5, 0.6) is 0 Å². The van der Waals surface area contributed by atoms with Gasteiger partial charge in [-0.3, -0.25) is 4.79 Å². The molecule has 1 heterocycles. The number of nitrogens with one attached hydrogen (secondary N) is 1. The van der Waals surface area contributed by atoms with Gasteiger partial charge >= 0.3 is 5.97 Å². The SMILES string of the molecule is O=C(O)[C@@H]1NC[C@@H]2[C@@H]1CCC2(F)F. The molecule has 0 unspecified atom stereocenters. The summed E-state index contributed by atoms with van der Waals surface area (Å²) in [6.07, 6.45) is 0.162. The molecule has 1 aliphatic heterocycles. The lowest BCUT2D eigenvalue weighted by atomic mass is 9.93. The van der Waals surface area contributed by atoms with Crippen molar-refractivity contribution in [3.8, 4) is 0 Å². The van der Waals surface area contributed by atoms with Gasteiger partial charge in [-0.15, -0.1) is 0 Å². The van der Waals surface area contributed by atoms with Crippen LogP contribution in [-0.4, -0.2) is 29.6 Å². The van der Waals surface area contributed by atoms with Gasteiger partial charge < -0.3 is 10.4 Å². The van der Waals surface area contributed by atoms with Crippen molar-refractivity contribution in [2.24, 2.45) is 11.8 Å². The summed E-state index contributed by atoms with van der Waals surface area (Å²) in [5.74, 6) is -4.83. The molecule has 2 rings (SSSR count). The second-order valence-electron chi connectivity index (χ2n) is 3.79. The molecule has 0 aromatic heterocycles. The quantitative estimate of drug-likeness (QED) is 0.641. The number of alkyl halides is 2. The third-order valence-electron chi connectivity index (χ3n) is 3.12. The summed E-state index contributed by atoms with van der Waals surface area (Å²) in [5, 5.41) is 11.4. The Kier molecular flexibility index (Phi) is 1.80. The highest BCUT2D eigenvalue weighted by molar-refractivity contribution is 5.74. The normalized spacial score (nSPS) is 41.8. The Morgan fingerprint density at radius 3 is 2.85 bits per heavy atom. The van der Waals surface area contributed by atoms with E-state index in [2.05, 4.69) is 5.32 Å². The van der Waals surface area contributed by atoms with E-state index in [-0.39, 0.29) is 18.9 Å². The van der Waals surface area contributed by atoms with E-state index in [0.29, 0.717) is 6.42 Å². The average Bonchev–Trinajstić information content (AvgIpc) is 2.52. The van der Waals surface area contributed by atoms with E-state index >= 15 is 0 Å². The summed E-state index contributed by atoms with van der Waals surface area (Å²) in [5.41, 5.74) is 0. The molecule has 0 radical (unpaired) electrons. The van der Waals surface area contributed by atoms with Gasteiger partial charge in [0.05, 0.1) is 0 Å². The molecule has 2 aliphatic rings. The first-order chi connectivity index (χ1) is 6.02. The molecule has 5 heteroatoms. The molecule has 3 atom stereocenters. The van der Waals surface area contributed by atoms with E-state index in [1.807, 2.05) is 0 Å². The fraction of sp³-hybridized carbons (Fsp3) is 0.875. The highest BCUT2D eigenvalue weighted by Gasteiger charge is 2.56. The maximum absolute atomic E-state index is 13.1. The van der Waals surface area contributed by atoms with E-state index in [9.17, 15) is 13.6 Å². The van der Waals surface area contributed by atoms with Gasteiger partial charge in [0.1, 0.15) is 6.04 Å². The second-order valence-corrected chi connectivity index (χ2v) is 3.79. The van der Waals surface area contributed by atoms with Gasteiger partial charge in [-0.2, -0.15) is 0 Å². The number of fused-ring (bicyclic) bond motifs is 1. The Labute approximate surface area is 74.1 Å². The molecule has 2 fully saturated rings. The molecular weight excluding hydrogens is 180 g/mol. The zero-order chi connectivity index (χ0) is 9.64. The van der Waals surface area contributed by atoms with Crippen LogP contribution < -0.4 is 5.32 Å². The summed E-state index contributed by atoms with van der Waals surface area (Å²) in [4.78, 5) is 10.6. The number of hydrogen-bond donors (Lipinski definition) is 2. The van der Waals surface area contributed by atoms with Gasteiger partial charge in [-0.05, 0) is 12.3 Å².